The fourth-order valence-corrected chi connectivity index (χ4v) is 18.6. The van der Waals surface area contributed by atoms with Gasteiger partial charge in [0.2, 0.25) is 5.91 Å². The lowest BCUT2D eigenvalue weighted by Gasteiger charge is -2.74. The molecule has 69 heavy (non-hydrogen) atoms. The van der Waals surface area contributed by atoms with Crippen LogP contribution in [0, 0.1) is 85.3 Å². The van der Waals surface area contributed by atoms with Gasteiger partial charge in [0.05, 0.1) is 42.6 Å². The molecule has 15 heteroatoms. The lowest BCUT2D eigenvalue weighted by molar-refractivity contribution is -0.343. The third-order valence-electron chi connectivity index (χ3n) is 22.1. The number of hydrogen-bond acceptors (Lipinski definition) is 12. The number of aliphatic carboxylic acids is 1. The third kappa shape index (κ3) is 6.95. The van der Waals surface area contributed by atoms with Crippen molar-refractivity contribution in [1.29, 1.82) is 0 Å². The molecule has 7 fully saturated rings. The van der Waals surface area contributed by atoms with E-state index >= 15 is 4.79 Å². The summed E-state index contributed by atoms with van der Waals surface area (Å²) in [5.74, 6) is 4.58. The molecule has 20 unspecified atom stereocenters. The number of hydrogen-bond donors (Lipinski definition) is 10. The second kappa shape index (κ2) is 17.6. The molecule has 4 bridgehead atoms. The Kier molecular flexibility index (Phi) is 12.7. The number of allylic oxidation sites excluding steroid dienone is 2. The highest BCUT2D eigenvalue weighted by Crippen LogP contribution is 2.79. The van der Waals surface area contributed by atoms with Gasteiger partial charge >= 0.3 is 5.97 Å². The zero-order chi connectivity index (χ0) is 49.1. The topological polar surface area (TPSA) is 261 Å². The maximum Gasteiger partial charge on any atom is 0.310 e. The molecule has 11 N–H and O–H groups in total. The molecule has 0 radical (unpaired) electrons. The molecule has 1 amide bonds. The van der Waals surface area contributed by atoms with Crippen LogP contribution in [0.3, 0.4) is 0 Å². The third-order valence-corrected chi connectivity index (χ3v) is 22.1. The van der Waals surface area contributed by atoms with E-state index in [4.69, 9.17) is 15.2 Å². The monoisotopic (exact) mass is 961 g/mol. The van der Waals surface area contributed by atoms with Crippen LogP contribution < -0.4 is 11.1 Å². The number of H-pyrrole nitrogens is 1. The Bertz CT molecular complexity index is 2210. The average molecular weight is 961 g/mol. The first kappa shape index (κ1) is 49.7. The number of aliphatic hydroxyl groups is 6. The van der Waals surface area contributed by atoms with Crippen molar-refractivity contribution in [3.63, 3.8) is 0 Å². The molecule has 7 aliphatic carbocycles. The van der Waals surface area contributed by atoms with Crippen molar-refractivity contribution < 1.29 is 54.8 Å². The number of aromatic amines is 1. The minimum absolute atomic E-state index is 0.00847. The molecular formula is C54H80N4O11. The number of aromatic nitrogens is 2. The number of rotatable bonds is 11. The van der Waals surface area contributed by atoms with E-state index in [1.165, 1.54) is 5.57 Å². The molecule has 2 aliphatic heterocycles. The van der Waals surface area contributed by atoms with Crippen LogP contribution in [0.25, 0.3) is 0 Å². The quantitative estimate of drug-likeness (QED) is 0.0851. The number of carboxylic acids is 1. The Hall–Kier alpha value is -2.91. The summed E-state index contributed by atoms with van der Waals surface area (Å²) in [7, 11) is 0. The molecule has 1 aromatic rings. The van der Waals surface area contributed by atoms with Crippen LogP contribution in [0.1, 0.15) is 142 Å². The minimum Gasteiger partial charge on any atom is -0.481 e. The van der Waals surface area contributed by atoms with Crippen molar-refractivity contribution in [2.75, 3.05) is 26.4 Å². The summed E-state index contributed by atoms with van der Waals surface area (Å²) in [6, 6.07) is -0.390. The SMILES string of the molecule is CC1(CO)CCC2(C(=O)O)CCC34CCC#CC(C5C(C(CCCN)c6cnc[nH]6)NC(=O)C56CCCC6)C5C(O)C(OC6OCC(O)C(O)C6O)C(C)(CO)C6CCC3(C)C(CC=C4C2C1)C56C. The van der Waals surface area contributed by atoms with Crippen LogP contribution in [0.15, 0.2) is 24.2 Å². The lowest BCUT2D eigenvalue weighted by atomic mass is 9.30. The van der Waals surface area contributed by atoms with Crippen LogP contribution in [0.2, 0.25) is 0 Å². The van der Waals surface area contributed by atoms with Crippen LogP contribution in [0.4, 0.5) is 0 Å². The molecule has 10 rings (SSSR count). The van der Waals surface area contributed by atoms with Gasteiger partial charge in [0.25, 0.3) is 0 Å². The van der Waals surface area contributed by atoms with Crippen LogP contribution >= 0.6 is 0 Å². The van der Waals surface area contributed by atoms with Crippen LogP contribution in [0.5, 0.6) is 0 Å². The molecule has 15 nitrogen and oxygen atoms in total. The van der Waals surface area contributed by atoms with E-state index in [2.05, 4.69) is 54.0 Å². The number of nitrogens with two attached hydrogens (primary N) is 1. The number of carbonyl (C=O) groups is 2. The van der Waals surface area contributed by atoms with Gasteiger partial charge in [-0.1, -0.05) is 58.1 Å². The first-order valence-electron chi connectivity index (χ1n) is 26.5. The Labute approximate surface area is 407 Å². The second-order valence-corrected chi connectivity index (χ2v) is 24.9. The van der Waals surface area contributed by atoms with E-state index in [9.17, 15) is 40.5 Å². The first-order chi connectivity index (χ1) is 32.9. The van der Waals surface area contributed by atoms with Gasteiger partial charge in [-0.25, -0.2) is 4.98 Å². The summed E-state index contributed by atoms with van der Waals surface area (Å²) in [6.45, 7) is 8.63. The van der Waals surface area contributed by atoms with Gasteiger partial charge in [0.15, 0.2) is 6.29 Å². The molecule has 5 saturated carbocycles. The number of ether oxygens (including phenoxy) is 2. The number of aliphatic hydroxyl groups excluding tert-OH is 6. The summed E-state index contributed by atoms with van der Waals surface area (Å²) in [4.78, 5) is 36.5. The summed E-state index contributed by atoms with van der Waals surface area (Å²) >= 11 is 0. The smallest absolute Gasteiger partial charge is 0.310 e. The first-order valence-corrected chi connectivity index (χ1v) is 26.5. The largest absolute Gasteiger partial charge is 0.481 e. The standard InChI is InChI=1S/C54H80N4O11/c1-48(27-59)19-20-52(47(66)67)21-22-54-17-6-5-10-31(38-40(58-46(65)53(38)15-7-8-16-53)30(11-9-23-55)34-25-56-29-57-34)39-42(63)44(69-45-43(64)41(62)35(61)26-68-45)49(2,28-60)36-14-18-50(54,3)37(51(36,39)4)13-12-32(54)33(52)24-48/h12,25,29-31,33,35-45,59-64H,6-9,11,13-24,26-28,55H2,1-4H3,(H,56,57)(H,58,65)(H,66,67). The highest BCUT2D eigenvalue weighted by atomic mass is 16.7. The van der Waals surface area contributed by atoms with E-state index < -0.39 is 98.6 Å². The zero-order valence-corrected chi connectivity index (χ0v) is 41.2. The summed E-state index contributed by atoms with van der Waals surface area (Å²) in [6.07, 6.45) is 8.33. The predicted octanol–water partition coefficient (Wildman–Crippen LogP) is 4.15. The fraction of sp³-hybridized carbons (Fsp3) is 0.833. The van der Waals surface area contributed by atoms with E-state index in [-0.39, 0.29) is 55.3 Å². The van der Waals surface area contributed by atoms with E-state index in [0.717, 1.165) is 31.4 Å². The van der Waals surface area contributed by atoms with Crippen LogP contribution in [-0.4, -0.2) is 127 Å². The number of fused-ring (bicyclic) bond motifs is 2. The summed E-state index contributed by atoms with van der Waals surface area (Å²) in [5, 5.41) is 84.1. The van der Waals surface area contributed by atoms with E-state index in [0.29, 0.717) is 83.6 Å². The molecule has 382 valence electrons. The molecule has 3 heterocycles. The highest BCUT2D eigenvalue weighted by Gasteiger charge is 2.76. The van der Waals surface area contributed by atoms with Crippen molar-refractivity contribution in [2.24, 2.45) is 79.1 Å². The Morgan fingerprint density at radius 3 is 2.39 bits per heavy atom. The number of carbonyl (C=O) groups excluding carboxylic acids is 1. The Morgan fingerprint density at radius 2 is 1.71 bits per heavy atom. The fourth-order valence-electron chi connectivity index (χ4n) is 18.6. The highest BCUT2D eigenvalue weighted by molar-refractivity contribution is 5.86. The molecule has 2 saturated heterocycles. The number of nitrogens with one attached hydrogen (secondary N) is 2. The van der Waals surface area contributed by atoms with Gasteiger partial charge in [-0.2, -0.15) is 0 Å². The number of nitrogens with zero attached hydrogens (tertiary/aromatic N) is 1. The maximum absolute atomic E-state index is 15.1. The summed E-state index contributed by atoms with van der Waals surface area (Å²) in [5.41, 5.74) is 3.52. The summed E-state index contributed by atoms with van der Waals surface area (Å²) < 4.78 is 12.7. The molecule has 20 atom stereocenters. The van der Waals surface area contributed by atoms with Crippen molar-refractivity contribution >= 4 is 11.9 Å². The number of carboxylic acid groups (broad SMARTS) is 1. The van der Waals surface area contributed by atoms with Gasteiger partial charge in [-0.3, -0.25) is 9.59 Å². The molecular weight excluding hydrogens is 881 g/mol. The van der Waals surface area contributed by atoms with Gasteiger partial charge < -0.3 is 61.3 Å². The number of imidazole rings is 1. The lowest BCUT2D eigenvalue weighted by Crippen LogP contribution is -2.74. The van der Waals surface area contributed by atoms with Crippen molar-refractivity contribution in [3.05, 3.63) is 29.9 Å². The molecule has 2 spiro atoms. The van der Waals surface area contributed by atoms with Crippen molar-refractivity contribution in [2.45, 2.75) is 179 Å². The van der Waals surface area contributed by atoms with Crippen molar-refractivity contribution in [1.82, 2.24) is 15.3 Å². The van der Waals surface area contributed by atoms with Gasteiger partial charge in [0.1, 0.15) is 18.3 Å². The van der Waals surface area contributed by atoms with Crippen LogP contribution in [-0.2, 0) is 19.1 Å². The van der Waals surface area contributed by atoms with E-state index in [1.54, 1.807) is 6.33 Å². The maximum atomic E-state index is 15.1. The minimum atomic E-state index is -1.63. The predicted molar refractivity (Wildman–Crippen MR) is 253 cm³/mol. The Morgan fingerprint density at radius 1 is 0.957 bits per heavy atom. The number of amides is 1. The van der Waals surface area contributed by atoms with Crippen molar-refractivity contribution in [3.8, 4) is 11.8 Å². The zero-order valence-electron chi connectivity index (χ0n) is 41.2. The Balaban J connectivity index is 1.19. The van der Waals surface area contributed by atoms with Gasteiger partial charge in [-0.05, 0) is 129 Å². The van der Waals surface area contributed by atoms with E-state index in [1.807, 2.05) is 13.1 Å². The van der Waals surface area contributed by atoms with Gasteiger partial charge in [-0.15, -0.1) is 5.92 Å². The molecule has 9 aliphatic rings. The normalized spacial score (nSPS) is 49.1. The molecule has 0 aromatic carbocycles. The molecule has 1 aromatic heterocycles. The van der Waals surface area contributed by atoms with Gasteiger partial charge in [0, 0.05) is 60.0 Å². The average Bonchev–Trinajstić information content (AvgIpc) is 4.11. The second-order valence-electron chi connectivity index (χ2n) is 24.9.